The molecule has 1 N–H and O–H groups in total. The Morgan fingerprint density at radius 1 is 1.23 bits per heavy atom. The van der Waals surface area contributed by atoms with Gasteiger partial charge in [-0.05, 0) is 35.4 Å². The molecule has 1 unspecified atom stereocenters. The van der Waals surface area contributed by atoms with Crippen LogP contribution in [0.3, 0.4) is 0 Å². The number of halogens is 2. The monoisotopic (exact) mass is 412 g/mol. The molecule has 0 bridgehead atoms. The number of nitrogens with one attached hydrogen (secondary N) is 1. The number of aromatic nitrogens is 2. The van der Waals surface area contributed by atoms with E-state index in [4.69, 9.17) is 4.74 Å². The number of ether oxygens (including phenoxy) is 1. The van der Waals surface area contributed by atoms with Crippen molar-refractivity contribution in [1.29, 1.82) is 0 Å². The van der Waals surface area contributed by atoms with E-state index in [0.29, 0.717) is 12.0 Å². The van der Waals surface area contributed by atoms with Gasteiger partial charge in [-0.2, -0.15) is 9.78 Å². The molecule has 0 aliphatic carbocycles. The predicted octanol–water partition coefficient (Wildman–Crippen LogP) is 2.73. The number of hydrogen-bond acceptors (Lipinski definition) is 4. The standard InChI is InChI=1S/C21H18F2N4O3/c1-26-19-16(23)6-3-7-18(19)30-12-17(20(26)28)25-21(29)27-11-14(10-24-27)8-13-4-2-5-15(22)9-13/h2-7,9-11,17H,8,12H2,1H3,(H,25,29). The molecule has 0 spiro atoms. The molecule has 4 rings (SSSR count). The normalized spacial score (nSPS) is 15.9. The number of likely N-dealkylation sites (N-methyl/N-ethyl adjacent to an activating group) is 1. The summed E-state index contributed by atoms with van der Waals surface area (Å²) in [7, 11) is 1.42. The van der Waals surface area contributed by atoms with Crippen LogP contribution in [0, 0.1) is 11.6 Å². The molecule has 0 fully saturated rings. The van der Waals surface area contributed by atoms with E-state index in [1.54, 1.807) is 18.2 Å². The second-order valence-corrected chi connectivity index (χ2v) is 6.90. The lowest BCUT2D eigenvalue weighted by atomic mass is 10.1. The van der Waals surface area contributed by atoms with Crippen molar-refractivity contribution in [3.63, 3.8) is 0 Å². The molecular formula is C21H18F2N4O3. The molecular weight excluding hydrogens is 394 g/mol. The van der Waals surface area contributed by atoms with Gasteiger partial charge in [0.1, 0.15) is 29.9 Å². The summed E-state index contributed by atoms with van der Waals surface area (Å²) in [5, 5.41) is 6.57. The highest BCUT2D eigenvalue weighted by atomic mass is 19.1. The van der Waals surface area contributed by atoms with Gasteiger partial charge in [-0.3, -0.25) is 4.79 Å². The molecule has 9 heteroatoms. The van der Waals surface area contributed by atoms with Crippen molar-refractivity contribution in [3.05, 3.63) is 77.6 Å². The van der Waals surface area contributed by atoms with Gasteiger partial charge in [0.25, 0.3) is 5.91 Å². The Balaban J connectivity index is 1.46. The van der Waals surface area contributed by atoms with E-state index in [9.17, 15) is 18.4 Å². The maximum absolute atomic E-state index is 14.1. The summed E-state index contributed by atoms with van der Waals surface area (Å²) in [5.74, 6) is -1.23. The highest BCUT2D eigenvalue weighted by Gasteiger charge is 2.32. The average Bonchev–Trinajstić information content (AvgIpc) is 3.14. The molecule has 0 radical (unpaired) electrons. The van der Waals surface area contributed by atoms with Crippen LogP contribution in [0.2, 0.25) is 0 Å². The van der Waals surface area contributed by atoms with E-state index in [-0.39, 0.29) is 23.9 Å². The molecule has 2 heterocycles. The number of carbonyl (C=O) groups excluding carboxylic acids is 2. The van der Waals surface area contributed by atoms with E-state index >= 15 is 0 Å². The Morgan fingerprint density at radius 3 is 2.83 bits per heavy atom. The summed E-state index contributed by atoms with van der Waals surface area (Å²) >= 11 is 0. The summed E-state index contributed by atoms with van der Waals surface area (Å²) in [4.78, 5) is 26.4. The van der Waals surface area contributed by atoms with Crippen molar-refractivity contribution in [2.24, 2.45) is 0 Å². The minimum Gasteiger partial charge on any atom is -0.489 e. The van der Waals surface area contributed by atoms with Crippen molar-refractivity contribution in [1.82, 2.24) is 15.1 Å². The van der Waals surface area contributed by atoms with E-state index in [0.717, 1.165) is 15.1 Å². The summed E-state index contributed by atoms with van der Waals surface area (Å²) in [6.07, 6.45) is 3.39. The number of anilines is 1. The minimum absolute atomic E-state index is 0.0238. The molecule has 3 aromatic rings. The topological polar surface area (TPSA) is 76.5 Å². The van der Waals surface area contributed by atoms with Crippen LogP contribution in [0.5, 0.6) is 5.75 Å². The second kappa shape index (κ2) is 7.94. The van der Waals surface area contributed by atoms with Crippen molar-refractivity contribution in [2.45, 2.75) is 12.5 Å². The van der Waals surface area contributed by atoms with Crippen molar-refractivity contribution < 1.29 is 23.1 Å². The van der Waals surface area contributed by atoms with E-state index in [1.807, 2.05) is 0 Å². The van der Waals surface area contributed by atoms with Crippen LogP contribution < -0.4 is 15.0 Å². The van der Waals surface area contributed by atoms with Gasteiger partial charge in [-0.15, -0.1) is 0 Å². The van der Waals surface area contributed by atoms with Gasteiger partial charge in [0.2, 0.25) is 0 Å². The van der Waals surface area contributed by atoms with Crippen LogP contribution in [0.15, 0.2) is 54.9 Å². The fraction of sp³-hybridized carbons (Fsp3) is 0.190. The lowest BCUT2D eigenvalue weighted by molar-refractivity contribution is -0.120. The summed E-state index contributed by atoms with van der Waals surface area (Å²) in [5.41, 5.74) is 1.46. The molecule has 0 saturated heterocycles. The molecule has 2 amide bonds. The number of carbonyl (C=O) groups is 2. The number of rotatable bonds is 3. The smallest absolute Gasteiger partial charge is 0.342 e. The molecule has 2 aromatic carbocycles. The number of amides is 2. The number of hydrogen-bond donors (Lipinski definition) is 1. The lowest BCUT2D eigenvalue weighted by Gasteiger charge is -2.20. The van der Waals surface area contributed by atoms with Crippen LogP contribution in [0.4, 0.5) is 19.3 Å². The summed E-state index contributed by atoms with van der Waals surface area (Å²) < 4.78 is 34.1. The highest BCUT2D eigenvalue weighted by Crippen LogP contribution is 2.32. The van der Waals surface area contributed by atoms with Gasteiger partial charge in [0.05, 0.1) is 6.20 Å². The Labute approximate surface area is 170 Å². The van der Waals surface area contributed by atoms with Crippen LogP contribution in [0.25, 0.3) is 0 Å². The summed E-state index contributed by atoms with van der Waals surface area (Å²) in [6, 6.07) is 8.75. The number of nitrogens with zero attached hydrogens (tertiary/aromatic N) is 3. The van der Waals surface area contributed by atoms with Gasteiger partial charge in [0, 0.05) is 19.7 Å². The molecule has 7 nitrogen and oxygen atoms in total. The average molecular weight is 412 g/mol. The number of para-hydroxylation sites is 1. The van der Waals surface area contributed by atoms with Gasteiger partial charge in [-0.1, -0.05) is 18.2 Å². The predicted molar refractivity (Wildman–Crippen MR) is 104 cm³/mol. The Bertz CT molecular complexity index is 1120. The number of fused-ring (bicyclic) bond motifs is 1. The van der Waals surface area contributed by atoms with Crippen LogP contribution in [0.1, 0.15) is 11.1 Å². The first-order chi connectivity index (χ1) is 14.4. The first-order valence-electron chi connectivity index (χ1n) is 9.20. The largest absolute Gasteiger partial charge is 0.489 e. The zero-order chi connectivity index (χ0) is 21.3. The first kappa shape index (κ1) is 19.6. The van der Waals surface area contributed by atoms with Crippen LogP contribution in [-0.4, -0.2) is 41.4 Å². The van der Waals surface area contributed by atoms with Gasteiger partial charge >= 0.3 is 6.03 Å². The highest BCUT2D eigenvalue weighted by molar-refractivity contribution is 6.00. The molecule has 1 aliphatic rings. The Hall–Kier alpha value is -3.75. The first-order valence-corrected chi connectivity index (χ1v) is 9.20. The third-order valence-electron chi connectivity index (χ3n) is 4.76. The SMILES string of the molecule is CN1C(=O)C(NC(=O)n2cc(Cc3cccc(F)c3)cn2)COc2cccc(F)c21. The molecule has 0 saturated carbocycles. The molecule has 30 heavy (non-hydrogen) atoms. The van der Waals surface area contributed by atoms with Gasteiger partial charge < -0.3 is 15.0 Å². The van der Waals surface area contributed by atoms with Crippen LogP contribution >= 0.6 is 0 Å². The molecule has 1 aromatic heterocycles. The maximum Gasteiger partial charge on any atom is 0.342 e. The number of benzene rings is 2. The fourth-order valence-electron chi connectivity index (χ4n) is 3.29. The van der Waals surface area contributed by atoms with E-state index in [1.165, 1.54) is 43.7 Å². The molecule has 154 valence electrons. The van der Waals surface area contributed by atoms with Gasteiger partial charge in [-0.25, -0.2) is 13.6 Å². The maximum atomic E-state index is 14.1. The molecule has 1 atom stereocenters. The minimum atomic E-state index is -1.02. The second-order valence-electron chi connectivity index (χ2n) is 6.90. The Kier molecular flexibility index (Phi) is 5.18. The quantitative estimate of drug-likeness (QED) is 0.718. The molecule has 1 aliphatic heterocycles. The zero-order valence-corrected chi connectivity index (χ0v) is 16.0. The van der Waals surface area contributed by atoms with Gasteiger partial charge in [0.15, 0.2) is 5.82 Å². The third kappa shape index (κ3) is 3.86. The van der Waals surface area contributed by atoms with Crippen LogP contribution in [-0.2, 0) is 11.2 Å². The van der Waals surface area contributed by atoms with Crippen molar-refractivity contribution in [2.75, 3.05) is 18.6 Å². The Morgan fingerprint density at radius 2 is 2.03 bits per heavy atom. The van der Waals surface area contributed by atoms with E-state index < -0.39 is 23.8 Å². The zero-order valence-electron chi connectivity index (χ0n) is 16.0. The lowest BCUT2D eigenvalue weighted by Crippen LogP contribution is -2.50. The van der Waals surface area contributed by atoms with Crippen molar-refractivity contribution in [3.8, 4) is 5.75 Å². The summed E-state index contributed by atoms with van der Waals surface area (Å²) in [6.45, 7) is -0.150. The van der Waals surface area contributed by atoms with Crippen molar-refractivity contribution >= 4 is 17.6 Å². The third-order valence-corrected chi connectivity index (χ3v) is 4.76. The fourth-order valence-corrected chi connectivity index (χ4v) is 3.29. The van der Waals surface area contributed by atoms with E-state index in [2.05, 4.69) is 10.4 Å².